The molecule has 1 heterocycles. The quantitative estimate of drug-likeness (QED) is 0.689. The minimum atomic E-state index is 0.322. The number of aliphatic hydroxyl groups is 1. The molecule has 1 rings (SSSR count). The molecule has 1 atom stereocenters. The highest BCUT2D eigenvalue weighted by atomic mass is 32.1. The van der Waals surface area contributed by atoms with Gasteiger partial charge < -0.3 is 10.4 Å². The highest BCUT2D eigenvalue weighted by Gasteiger charge is 2.07. The second-order valence-corrected chi connectivity index (χ2v) is 5.39. The number of hydrogen-bond acceptors (Lipinski definition) is 4. The Labute approximate surface area is 102 Å². The van der Waals surface area contributed by atoms with Crippen LogP contribution in [0.1, 0.15) is 48.5 Å². The largest absolute Gasteiger partial charge is 0.396 e. The second kappa shape index (κ2) is 7.76. The summed E-state index contributed by atoms with van der Waals surface area (Å²) in [6.45, 7) is 5.60. The molecule has 0 amide bonds. The zero-order valence-corrected chi connectivity index (χ0v) is 11.0. The number of nitrogens with zero attached hydrogens (tertiary/aromatic N) is 1. The first kappa shape index (κ1) is 13.6. The molecule has 0 saturated heterocycles. The van der Waals surface area contributed by atoms with Crippen LogP contribution >= 0.6 is 11.3 Å². The van der Waals surface area contributed by atoms with Gasteiger partial charge in [-0.15, -0.1) is 11.3 Å². The first-order valence-corrected chi connectivity index (χ1v) is 6.82. The maximum absolute atomic E-state index is 8.64. The molecule has 1 aromatic heterocycles. The molecule has 0 bridgehead atoms. The van der Waals surface area contributed by atoms with E-state index in [-0.39, 0.29) is 0 Å². The normalized spacial score (nSPS) is 12.9. The van der Waals surface area contributed by atoms with Crippen molar-refractivity contribution in [2.45, 2.75) is 45.6 Å². The molecule has 0 fully saturated rings. The van der Waals surface area contributed by atoms with Gasteiger partial charge in [-0.3, -0.25) is 0 Å². The number of nitrogens with one attached hydrogen (secondary N) is 1. The average Bonchev–Trinajstić information content (AvgIpc) is 2.70. The van der Waals surface area contributed by atoms with Gasteiger partial charge >= 0.3 is 0 Å². The molecule has 92 valence electrons. The molecule has 0 aliphatic carbocycles. The van der Waals surface area contributed by atoms with Gasteiger partial charge in [-0.2, -0.15) is 0 Å². The van der Waals surface area contributed by atoms with Crippen LogP contribution in [0.4, 0.5) is 0 Å². The Balaban J connectivity index is 2.09. The maximum atomic E-state index is 8.64. The zero-order valence-electron chi connectivity index (χ0n) is 10.2. The van der Waals surface area contributed by atoms with Gasteiger partial charge in [0, 0.05) is 17.7 Å². The number of aryl methyl sites for hydroxylation is 1. The van der Waals surface area contributed by atoms with Gasteiger partial charge in [-0.05, 0) is 33.2 Å². The van der Waals surface area contributed by atoms with Crippen LogP contribution in [0.15, 0.2) is 6.20 Å². The number of aliphatic hydroxyl groups excluding tert-OH is 1. The summed E-state index contributed by atoms with van der Waals surface area (Å²) in [5.74, 6) is 0. The minimum Gasteiger partial charge on any atom is -0.396 e. The van der Waals surface area contributed by atoms with Crippen molar-refractivity contribution in [3.8, 4) is 0 Å². The summed E-state index contributed by atoms with van der Waals surface area (Å²) in [6, 6.07) is 0.358. The fourth-order valence-corrected chi connectivity index (χ4v) is 2.37. The van der Waals surface area contributed by atoms with Crippen LogP contribution in [-0.2, 0) is 0 Å². The van der Waals surface area contributed by atoms with Gasteiger partial charge in [0.2, 0.25) is 0 Å². The van der Waals surface area contributed by atoms with E-state index in [0.29, 0.717) is 12.6 Å². The molecule has 0 spiro atoms. The van der Waals surface area contributed by atoms with E-state index in [1.54, 1.807) is 11.3 Å². The monoisotopic (exact) mass is 242 g/mol. The lowest BCUT2D eigenvalue weighted by molar-refractivity contribution is 0.282. The summed E-state index contributed by atoms with van der Waals surface area (Å²) < 4.78 is 0. The Hall–Kier alpha value is -0.450. The topological polar surface area (TPSA) is 45.2 Å². The molecule has 16 heavy (non-hydrogen) atoms. The lowest BCUT2D eigenvalue weighted by atomic mass is 10.2. The van der Waals surface area contributed by atoms with Gasteiger partial charge in [0.15, 0.2) is 0 Å². The van der Waals surface area contributed by atoms with E-state index in [9.17, 15) is 0 Å². The van der Waals surface area contributed by atoms with E-state index in [0.717, 1.165) is 19.4 Å². The van der Waals surface area contributed by atoms with Crippen molar-refractivity contribution >= 4 is 11.3 Å². The Bertz CT molecular complexity index is 288. The van der Waals surface area contributed by atoms with Crippen LogP contribution in [0.25, 0.3) is 0 Å². The highest BCUT2D eigenvalue weighted by molar-refractivity contribution is 7.11. The third kappa shape index (κ3) is 5.05. The predicted octanol–water partition coefficient (Wildman–Crippen LogP) is 2.65. The smallest absolute Gasteiger partial charge is 0.109 e. The number of thiazole rings is 1. The summed E-state index contributed by atoms with van der Waals surface area (Å²) in [5, 5.41) is 13.3. The molecule has 0 aliphatic heterocycles. The second-order valence-electron chi connectivity index (χ2n) is 4.12. The predicted molar refractivity (Wildman–Crippen MR) is 68.8 cm³/mol. The molecule has 0 saturated carbocycles. The Morgan fingerprint density at radius 2 is 2.12 bits per heavy atom. The molecule has 4 heteroatoms. The van der Waals surface area contributed by atoms with Gasteiger partial charge in [-0.25, -0.2) is 4.98 Å². The Morgan fingerprint density at radius 3 is 2.75 bits per heavy atom. The Kier molecular flexibility index (Phi) is 6.61. The van der Waals surface area contributed by atoms with Crippen LogP contribution in [0.3, 0.4) is 0 Å². The SMILES string of the molecule is Cc1cnc(C(C)NCCCCCCO)s1. The molecule has 2 N–H and O–H groups in total. The molecule has 0 aliphatic rings. The first-order valence-electron chi connectivity index (χ1n) is 6.00. The summed E-state index contributed by atoms with van der Waals surface area (Å²) in [5.41, 5.74) is 0. The van der Waals surface area contributed by atoms with E-state index in [4.69, 9.17) is 5.11 Å². The van der Waals surface area contributed by atoms with Crippen LogP contribution in [0.5, 0.6) is 0 Å². The van der Waals surface area contributed by atoms with Crippen LogP contribution in [0, 0.1) is 6.92 Å². The average molecular weight is 242 g/mol. The van der Waals surface area contributed by atoms with E-state index < -0.39 is 0 Å². The van der Waals surface area contributed by atoms with Crippen molar-refractivity contribution < 1.29 is 5.11 Å². The molecular formula is C12H22N2OS. The lowest BCUT2D eigenvalue weighted by Crippen LogP contribution is -2.19. The zero-order chi connectivity index (χ0) is 11.8. The third-order valence-electron chi connectivity index (χ3n) is 2.54. The van der Waals surface area contributed by atoms with Crippen molar-refractivity contribution in [3.63, 3.8) is 0 Å². The van der Waals surface area contributed by atoms with Crippen molar-refractivity contribution in [2.75, 3.05) is 13.2 Å². The van der Waals surface area contributed by atoms with E-state index in [2.05, 4.69) is 24.1 Å². The number of unbranched alkanes of at least 4 members (excludes halogenated alkanes) is 3. The first-order chi connectivity index (χ1) is 7.74. The molecular weight excluding hydrogens is 220 g/mol. The van der Waals surface area contributed by atoms with Gasteiger partial charge in [0.1, 0.15) is 5.01 Å². The molecule has 1 unspecified atom stereocenters. The minimum absolute atomic E-state index is 0.322. The van der Waals surface area contributed by atoms with Gasteiger partial charge in [-0.1, -0.05) is 12.8 Å². The maximum Gasteiger partial charge on any atom is 0.109 e. The molecule has 3 nitrogen and oxygen atoms in total. The summed E-state index contributed by atoms with van der Waals surface area (Å²) in [7, 11) is 0. The van der Waals surface area contributed by atoms with Crippen molar-refractivity contribution in [1.29, 1.82) is 0 Å². The number of rotatable bonds is 8. The molecule has 0 radical (unpaired) electrons. The number of hydrogen-bond donors (Lipinski definition) is 2. The van der Waals surface area contributed by atoms with Crippen LogP contribution in [0.2, 0.25) is 0 Å². The van der Waals surface area contributed by atoms with Crippen LogP contribution in [-0.4, -0.2) is 23.2 Å². The lowest BCUT2D eigenvalue weighted by Gasteiger charge is -2.10. The van der Waals surface area contributed by atoms with E-state index in [1.807, 2.05) is 6.20 Å². The highest BCUT2D eigenvalue weighted by Crippen LogP contribution is 2.18. The van der Waals surface area contributed by atoms with Crippen molar-refractivity contribution in [1.82, 2.24) is 10.3 Å². The standard InChI is InChI=1S/C12H22N2OS/c1-10-9-14-12(16-10)11(2)13-7-5-3-4-6-8-15/h9,11,13,15H,3-8H2,1-2H3. The van der Waals surface area contributed by atoms with Crippen molar-refractivity contribution in [3.05, 3.63) is 16.1 Å². The summed E-state index contributed by atoms with van der Waals surface area (Å²) in [4.78, 5) is 5.64. The van der Waals surface area contributed by atoms with Crippen LogP contribution < -0.4 is 5.32 Å². The summed E-state index contributed by atoms with van der Waals surface area (Å²) >= 11 is 1.76. The summed E-state index contributed by atoms with van der Waals surface area (Å²) in [6.07, 6.45) is 6.36. The third-order valence-corrected chi connectivity index (χ3v) is 3.64. The molecule has 1 aromatic rings. The van der Waals surface area contributed by atoms with E-state index in [1.165, 1.54) is 22.7 Å². The van der Waals surface area contributed by atoms with Gasteiger partial charge in [0.25, 0.3) is 0 Å². The fourth-order valence-electron chi connectivity index (χ4n) is 1.57. The van der Waals surface area contributed by atoms with Crippen molar-refractivity contribution in [2.24, 2.45) is 0 Å². The number of aromatic nitrogens is 1. The van der Waals surface area contributed by atoms with Gasteiger partial charge in [0.05, 0.1) is 6.04 Å². The van der Waals surface area contributed by atoms with E-state index >= 15 is 0 Å². The molecule has 0 aromatic carbocycles. The Morgan fingerprint density at radius 1 is 1.38 bits per heavy atom. The fraction of sp³-hybridized carbons (Fsp3) is 0.750.